The highest BCUT2D eigenvalue weighted by atomic mass is 32.2. The van der Waals surface area contributed by atoms with Gasteiger partial charge in [0.15, 0.2) is 0 Å². The third-order valence-electron chi connectivity index (χ3n) is 2.83. The van der Waals surface area contributed by atoms with E-state index in [1.165, 1.54) is 0 Å². The maximum absolute atomic E-state index is 11.6. The van der Waals surface area contributed by atoms with Crippen molar-refractivity contribution in [2.24, 2.45) is 0 Å². The van der Waals surface area contributed by atoms with Gasteiger partial charge in [-0.3, -0.25) is 0 Å². The third-order valence-corrected chi connectivity index (χ3v) is 4.32. The highest BCUT2D eigenvalue weighted by molar-refractivity contribution is 7.89. The first kappa shape index (κ1) is 12.9. The maximum atomic E-state index is 11.6. The van der Waals surface area contributed by atoms with Gasteiger partial charge in [0, 0.05) is 6.04 Å². The first-order valence-electron chi connectivity index (χ1n) is 5.73. The quantitative estimate of drug-likeness (QED) is 0.747. The molecule has 2 N–H and O–H groups in total. The van der Waals surface area contributed by atoms with E-state index < -0.39 is 16.1 Å². The van der Waals surface area contributed by atoms with Crippen LogP contribution >= 0.6 is 0 Å². The molecule has 0 aromatic carbocycles. The fourth-order valence-electron chi connectivity index (χ4n) is 1.87. The van der Waals surface area contributed by atoms with E-state index in [2.05, 4.69) is 4.72 Å². The van der Waals surface area contributed by atoms with Gasteiger partial charge in [0.05, 0.1) is 11.9 Å². The molecular formula is C10H21NO3S. The fraction of sp³-hybridized carbons (Fsp3) is 1.00. The van der Waals surface area contributed by atoms with Gasteiger partial charge in [0.2, 0.25) is 10.0 Å². The Labute approximate surface area is 92.1 Å². The number of hydrogen-bond donors (Lipinski definition) is 2. The second-order valence-electron chi connectivity index (χ2n) is 4.25. The van der Waals surface area contributed by atoms with Crippen LogP contribution in [0.2, 0.25) is 0 Å². The average Bonchev–Trinajstić information content (AvgIpc) is 2.18. The molecule has 0 bridgehead atoms. The zero-order valence-corrected chi connectivity index (χ0v) is 10.1. The molecule has 0 aliphatic heterocycles. The lowest BCUT2D eigenvalue weighted by Gasteiger charge is -2.28. The molecule has 1 fully saturated rings. The summed E-state index contributed by atoms with van der Waals surface area (Å²) in [6.07, 6.45) is 4.50. The second-order valence-corrected chi connectivity index (χ2v) is 6.12. The topological polar surface area (TPSA) is 66.4 Å². The van der Waals surface area contributed by atoms with Crippen molar-refractivity contribution in [3.8, 4) is 0 Å². The first-order chi connectivity index (χ1) is 7.05. The minimum absolute atomic E-state index is 0.173. The highest BCUT2D eigenvalue weighted by Gasteiger charge is 2.26. The lowest BCUT2D eigenvalue weighted by molar-refractivity contribution is 0.101. The Morgan fingerprint density at radius 1 is 1.33 bits per heavy atom. The normalized spacial score (nSPS) is 27.9. The van der Waals surface area contributed by atoms with Gasteiger partial charge in [-0.15, -0.1) is 0 Å². The zero-order valence-electron chi connectivity index (χ0n) is 9.28. The molecule has 5 heteroatoms. The molecule has 90 valence electrons. The summed E-state index contributed by atoms with van der Waals surface area (Å²) in [6, 6.07) is -0.263. The van der Waals surface area contributed by atoms with Crippen LogP contribution in [0.25, 0.3) is 0 Å². The van der Waals surface area contributed by atoms with Crippen molar-refractivity contribution in [1.82, 2.24) is 4.72 Å². The Kier molecular flexibility index (Phi) is 5.02. The van der Waals surface area contributed by atoms with E-state index in [4.69, 9.17) is 0 Å². The van der Waals surface area contributed by atoms with E-state index >= 15 is 0 Å². The van der Waals surface area contributed by atoms with Gasteiger partial charge in [-0.25, -0.2) is 13.1 Å². The summed E-state index contributed by atoms with van der Waals surface area (Å²) in [5, 5.41) is 9.63. The van der Waals surface area contributed by atoms with Gasteiger partial charge in [-0.05, 0) is 19.3 Å². The molecule has 1 aliphatic rings. The summed E-state index contributed by atoms with van der Waals surface area (Å²) in [4.78, 5) is 0. The van der Waals surface area contributed by atoms with Crippen LogP contribution in [-0.2, 0) is 10.0 Å². The molecular weight excluding hydrogens is 214 g/mol. The third kappa shape index (κ3) is 4.49. The van der Waals surface area contributed by atoms with Crippen LogP contribution in [0.5, 0.6) is 0 Å². The van der Waals surface area contributed by atoms with E-state index in [9.17, 15) is 13.5 Å². The van der Waals surface area contributed by atoms with Gasteiger partial charge < -0.3 is 5.11 Å². The van der Waals surface area contributed by atoms with Crippen molar-refractivity contribution >= 4 is 10.0 Å². The SMILES string of the molecule is CCCCS(=O)(=O)NC1CCCCC1O. The molecule has 2 atom stereocenters. The van der Waals surface area contributed by atoms with Crippen LogP contribution in [-0.4, -0.2) is 31.4 Å². The van der Waals surface area contributed by atoms with E-state index in [0.717, 1.165) is 25.7 Å². The van der Waals surface area contributed by atoms with Crippen molar-refractivity contribution in [2.45, 2.75) is 57.6 Å². The fourth-order valence-corrected chi connectivity index (χ4v) is 3.40. The number of aliphatic hydroxyl groups excluding tert-OH is 1. The number of hydrogen-bond acceptors (Lipinski definition) is 3. The number of rotatable bonds is 5. The summed E-state index contributed by atoms with van der Waals surface area (Å²) in [6.45, 7) is 1.96. The summed E-state index contributed by atoms with van der Waals surface area (Å²) in [7, 11) is -3.19. The Hall–Kier alpha value is -0.130. The molecule has 0 aromatic rings. The number of sulfonamides is 1. The molecule has 1 rings (SSSR count). The van der Waals surface area contributed by atoms with Gasteiger partial charge in [-0.2, -0.15) is 0 Å². The van der Waals surface area contributed by atoms with E-state index in [-0.39, 0.29) is 11.8 Å². The maximum Gasteiger partial charge on any atom is 0.211 e. The van der Waals surface area contributed by atoms with E-state index in [0.29, 0.717) is 12.8 Å². The van der Waals surface area contributed by atoms with Crippen molar-refractivity contribution in [1.29, 1.82) is 0 Å². The Bertz CT molecular complexity index is 276. The lowest BCUT2D eigenvalue weighted by Crippen LogP contribution is -2.45. The highest BCUT2D eigenvalue weighted by Crippen LogP contribution is 2.19. The molecule has 1 aliphatic carbocycles. The largest absolute Gasteiger partial charge is 0.391 e. The predicted octanol–water partition coefficient (Wildman–Crippen LogP) is 1.01. The Morgan fingerprint density at radius 3 is 2.60 bits per heavy atom. The van der Waals surface area contributed by atoms with Crippen molar-refractivity contribution in [2.75, 3.05) is 5.75 Å². The van der Waals surface area contributed by atoms with Crippen molar-refractivity contribution < 1.29 is 13.5 Å². The monoisotopic (exact) mass is 235 g/mol. The molecule has 0 aromatic heterocycles. The molecule has 2 unspecified atom stereocenters. The molecule has 0 radical (unpaired) electrons. The molecule has 0 heterocycles. The van der Waals surface area contributed by atoms with Crippen LogP contribution < -0.4 is 4.72 Å². The zero-order chi connectivity index (χ0) is 11.3. The Morgan fingerprint density at radius 2 is 2.00 bits per heavy atom. The molecule has 1 saturated carbocycles. The van der Waals surface area contributed by atoms with Crippen molar-refractivity contribution in [3.05, 3.63) is 0 Å². The number of unbranched alkanes of at least 4 members (excludes halogenated alkanes) is 1. The summed E-state index contributed by atoms with van der Waals surface area (Å²) in [5.41, 5.74) is 0. The minimum Gasteiger partial charge on any atom is -0.391 e. The molecule has 15 heavy (non-hydrogen) atoms. The Balaban J connectivity index is 2.44. The molecule has 4 nitrogen and oxygen atoms in total. The van der Waals surface area contributed by atoms with Crippen molar-refractivity contribution in [3.63, 3.8) is 0 Å². The summed E-state index contributed by atoms with van der Waals surface area (Å²) in [5.74, 6) is 0.173. The number of aliphatic hydroxyl groups is 1. The van der Waals surface area contributed by atoms with Crippen LogP contribution in [0.4, 0.5) is 0 Å². The molecule has 0 spiro atoms. The number of nitrogens with one attached hydrogen (secondary N) is 1. The molecule has 0 saturated heterocycles. The summed E-state index contributed by atoms with van der Waals surface area (Å²) < 4.78 is 25.8. The van der Waals surface area contributed by atoms with Gasteiger partial charge in [0.1, 0.15) is 0 Å². The van der Waals surface area contributed by atoms with Gasteiger partial charge in [-0.1, -0.05) is 26.2 Å². The lowest BCUT2D eigenvalue weighted by atomic mass is 9.93. The van der Waals surface area contributed by atoms with Crippen LogP contribution in [0.15, 0.2) is 0 Å². The van der Waals surface area contributed by atoms with E-state index in [1.807, 2.05) is 6.92 Å². The second kappa shape index (κ2) is 5.82. The average molecular weight is 235 g/mol. The summed E-state index contributed by atoms with van der Waals surface area (Å²) >= 11 is 0. The standard InChI is InChI=1S/C10H21NO3S/c1-2-3-8-15(13,14)11-9-6-4-5-7-10(9)12/h9-12H,2-8H2,1H3. The van der Waals surface area contributed by atoms with Crippen LogP contribution in [0, 0.1) is 0 Å². The van der Waals surface area contributed by atoms with E-state index in [1.54, 1.807) is 0 Å². The first-order valence-corrected chi connectivity index (χ1v) is 7.38. The molecule has 0 amide bonds. The predicted molar refractivity (Wildman–Crippen MR) is 60.1 cm³/mol. The minimum atomic E-state index is -3.19. The van der Waals surface area contributed by atoms with Gasteiger partial charge in [0.25, 0.3) is 0 Å². The van der Waals surface area contributed by atoms with Crippen LogP contribution in [0.1, 0.15) is 45.4 Å². The van der Waals surface area contributed by atoms with Gasteiger partial charge >= 0.3 is 0 Å². The van der Waals surface area contributed by atoms with Crippen LogP contribution in [0.3, 0.4) is 0 Å². The smallest absolute Gasteiger partial charge is 0.211 e.